The van der Waals surface area contributed by atoms with E-state index in [9.17, 15) is 4.79 Å². The maximum atomic E-state index is 12.1. The van der Waals surface area contributed by atoms with E-state index in [0.29, 0.717) is 30.7 Å². The molecule has 1 amide bonds. The number of aromatic nitrogens is 2. The predicted octanol–water partition coefficient (Wildman–Crippen LogP) is 3.39. The lowest BCUT2D eigenvalue weighted by Crippen LogP contribution is -2.26. The summed E-state index contributed by atoms with van der Waals surface area (Å²) >= 11 is 0. The van der Waals surface area contributed by atoms with Gasteiger partial charge in [-0.2, -0.15) is 0 Å². The van der Waals surface area contributed by atoms with Crippen molar-refractivity contribution in [1.82, 2.24) is 15.3 Å². The van der Waals surface area contributed by atoms with Crippen LogP contribution in [0.1, 0.15) is 37.7 Å². The van der Waals surface area contributed by atoms with Crippen LogP contribution in [-0.4, -0.2) is 29.0 Å². The quantitative estimate of drug-likeness (QED) is 0.777. The van der Waals surface area contributed by atoms with Crippen LogP contribution >= 0.6 is 0 Å². The third-order valence-corrected chi connectivity index (χ3v) is 3.33. The third kappa shape index (κ3) is 5.22. The Morgan fingerprint density at radius 3 is 2.79 bits per heavy atom. The lowest BCUT2D eigenvalue weighted by atomic mass is 10.1. The first-order chi connectivity index (χ1) is 11.6. The Hall–Kier alpha value is -2.63. The van der Waals surface area contributed by atoms with E-state index in [1.54, 1.807) is 12.3 Å². The average molecular weight is 328 g/mol. The van der Waals surface area contributed by atoms with Gasteiger partial charge in [0.1, 0.15) is 11.4 Å². The molecule has 0 spiro atoms. The number of amides is 1. The van der Waals surface area contributed by atoms with E-state index in [2.05, 4.69) is 34.4 Å². The molecule has 0 saturated heterocycles. The monoisotopic (exact) mass is 328 g/mol. The molecule has 0 radical (unpaired) electrons. The molecule has 6 nitrogen and oxygen atoms in total. The van der Waals surface area contributed by atoms with Gasteiger partial charge in [-0.3, -0.25) is 4.79 Å². The number of benzene rings is 1. The van der Waals surface area contributed by atoms with Crippen LogP contribution in [0.25, 0.3) is 0 Å². The zero-order valence-corrected chi connectivity index (χ0v) is 14.4. The minimum absolute atomic E-state index is 0.195. The number of rotatable bonds is 8. The van der Waals surface area contributed by atoms with Crippen LogP contribution in [-0.2, 0) is 0 Å². The largest absolute Gasteiger partial charge is 0.492 e. The molecule has 128 valence electrons. The zero-order chi connectivity index (χ0) is 17.4. The molecular formula is C18H24N4O2. The SMILES string of the molecule is CCOc1ccccc1Nc1nccc(C(=O)NCCC(C)C)n1. The highest BCUT2D eigenvalue weighted by Crippen LogP contribution is 2.25. The highest BCUT2D eigenvalue weighted by atomic mass is 16.5. The second kappa shape index (κ2) is 8.86. The van der Waals surface area contributed by atoms with E-state index < -0.39 is 0 Å². The van der Waals surface area contributed by atoms with Crippen molar-refractivity contribution in [3.63, 3.8) is 0 Å². The van der Waals surface area contributed by atoms with Crippen LogP contribution in [0.4, 0.5) is 11.6 Å². The smallest absolute Gasteiger partial charge is 0.270 e. The number of nitrogens with one attached hydrogen (secondary N) is 2. The number of nitrogens with zero attached hydrogens (tertiary/aromatic N) is 2. The van der Waals surface area contributed by atoms with Gasteiger partial charge < -0.3 is 15.4 Å². The first-order valence-corrected chi connectivity index (χ1v) is 8.20. The van der Waals surface area contributed by atoms with Gasteiger partial charge in [-0.25, -0.2) is 9.97 Å². The fourth-order valence-electron chi connectivity index (χ4n) is 2.08. The van der Waals surface area contributed by atoms with E-state index in [-0.39, 0.29) is 5.91 Å². The minimum Gasteiger partial charge on any atom is -0.492 e. The lowest BCUT2D eigenvalue weighted by Gasteiger charge is -2.11. The first kappa shape index (κ1) is 17.7. The van der Waals surface area contributed by atoms with E-state index in [1.165, 1.54) is 0 Å². The normalized spacial score (nSPS) is 10.5. The van der Waals surface area contributed by atoms with Crippen molar-refractivity contribution in [2.24, 2.45) is 5.92 Å². The molecule has 1 aromatic heterocycles. The topological polar surface area (TPSA) is 76.1 Å². The summed E-state index contributed by atoms with van der Waals surface area (Å²) in [5.41, 5.74) is 1.10. The van der Waals surface area contributed by atoms with Crippen molar-refractivity contribution < 1.29 is 9.53 Å². The number of anilines is 2. The predicted molar refractivity (Wildman–Crippen MR) is 94.7 cm³/mol. The first-order valence-electron chi connectivity index (χ1n) is 8.20. The highest BCUT2D eigenvalue weighted by Gasteiger charge is 2.10. The van der Waals surface area contributed by atoms with Gasteiger partial charge in [0.25, 0.3) is 5.91 Å². The maximum Gasteiger partial charge on any atom is 0.270 e. The number of ether oxygens (including phenoxy) is 1. The molecule has 0 aliphatic heterocycles. The Labute approximate surface area is 142 Å². The van der Waals surface area contributed by atoms with Crippen LogP contribution in [0.5, 0.6) is 5.75 Å². The molecule has 0 aliphatic rings. The molecule has 24 heavy (non-hydrogen) atoms. The number of hydrogen-bond acceptors (Lipinski definition) is 5. The van der Waals surface area contributed by atoms with Gasteiger partial charge >= 0.3 is 0 Å². The summed E-state index contributed by atoms with van der Waals surface area (Å²) in [7, 11) is 0. The van der Waals surface area contributed by atoms with E-state index in [1.807, 2.05) is 31.2 Å². The van der Waals surface area contributed by atoms with Crippen LogP contribution < -0.4 is 15.4 Å². The minimum atomic E-state index is -0.195. The van der Waals surface area contributed by atoms with Gasteiger partial charge in [0.05, 0.1) is 12.3 Å². The Kier molecular flexibility index (Phi) is 6.54. The average Bonchev–Trinajstić information content (AvgIpc) is 2.57. The summed E-state index contributed by atoms with van der Waals surface area (Å²) in [4.78, 5) is 20.6. The number of carbonyl (C=O) groups is 1. The number of para-hydroxylation sites is 2. The van der Waals surface area contributed by atoms with Gasteiger partial charge in [0.15, 0.2) is 0 Å². The number of carbonyl (C=O) groups excluding carboxylic acids is 1. The fraction of sp³-hybridized carbons (Fsp3) is 0.389. The molecule has 0 fully saturated rings. The maximum absolute atomic E-state index is 12.1. The molecule has 2 aromatic rings. The van der Waals surface area contributed by atoms with Crippen LogP contribution in [0.15, 0.2) is 36.5 Å². The van der Waals surface area contributed by atoms with E-state index in [4.69, 9.17) is 4.74 Å². The van der Waals surface area contributed by atoms with Gasteiger partial charge in [-0.15, -0.1) is 0 Å². The van der Waals surface area contributed by atoms with Crippen molar-refractivity contribution in [2.45, 2.75) is 27.2 Å². The van der Waals surface area contributed by atoms with Gasteiger partial charge in [0, 0.05) is 12.7 Å². The molecule has 1 aromatic carbocycles. The molecule has 0 saturated carbocycles. The Morgan fingerprint density at radius 2 is 2.04 bits per heavy atom. The van der Waals surface area contributed by atoms with Crippen molar-refractivity contribution in [3.8, 4) is 5.75 Å². The molecule has 0 bridgehead atoms. The Morgan fingerprint density at radius 1 is 1.25 bits per heavy atom. The third-order valence-electron chi connectivity index (χ3n) is 3.33. The van der Waals surface area contributed by atoms with E-state index in [0.717, 1.165) is 17.9 Å². The molecule has 0 atom stereocenters. The molecule has 0 unspecified atom stereocenters. The Bertz CT molecular complexity index is 674. The number of hydrogen-bond donors (Lipinski definition) is 2. The highest BCUT2D eigenvalue weighted by molar-refractivity contribution is 5.92. The molecule has 2 N–H and O–H groups in total. The summed E-state index contributed by atoms with van der Waals surface area (Å²) < 4.78 is 5.57. The molecular weight excluding hydrogens is 304 g/mol. The van der Waals surface area contributed by atoms with Crippen LogP contribution in [0.3, 0.4) is 0 Å². The summed E-state index contributed by atoms with van der Waals surface area (Å²) in [6.45, 7) is 7.37. The second-order valence-corrected chi connectivity index (χ2v) is 5.76. The van der Waals surface area contributed by atoms with Gasteiger partial charge in [0.2, 0.25) is 5.95 Å². The molecule has 0 aliphatic carbocycles. The zero-order valence-electron chi connectivity index (χ0n) is 14.4. The summed E-state index contributed by atoms with van der Waals surface area (Å²) in [5, 5.41) is 5.97. The van der Waals surface area contributed by atoms with Crippen molar-refractivity contribution in [3.05, 3.63) is 42.2 Å². The van der Waals surface area contributed by atoms with Crippen LogP contribution in [0, 0.1) is 5.92 Å². The summed E-state index contributed by atoms with van der Waals surface area (Å²) in [6, 6.07) is 9.14. The fourth-order valence-corrected chi connectivity index (χ4v) is 2.08. The van der Waals surface area contributed by atoms with Crippen LogP contribution in [0.2, 0.25) is 0 Å². The summed E-state index contributed by atoms with van der Waals surface area (Å²) in [6.07, 6.45) is 2.50. The van der Waals surface area contributed by atoms with Crippen molar-refractivity contribution in [2.75, 3.05) is 18.5 Å². The molecule has 2 rings (SSSR count). The molecule has 6 heteroatoms. The summed E-state index contributed by atoms with van der Waals surface area (Å²) in [5.74, 6) is 1.43. The van der Waals surface area contributed by atoms with E-state index >= 15 is 0 Å². The second-order valence-electron chi connectivity index (χ2n) is 5.76. The van der Waals surface area contributed by atoms with Gasteiger partial charge in [-0.1, -0.05) is 26.0 Å². The van der Waals surface area contributed by atoms with Gasteiger partial charge in [-0.05, 0) is 37.5 Å². The van der Waals surface area contributed by atoms with Crippen molar-refractivity contribution in [1.29, 1.82) is 0 Å². The lowest BCUT2D eigenvalue weighted by molar-refractivity contribution is 0.0947. The molecule has 1 heterocycles. The standard InChI is InChI=1S/C18H24N4O2/c1-4-24-16-8-6-5-7-14(16)21-18-20-12-10-15(22-18)17(23)19-11-9-13(2)3/h5-8,10,12-13H,4,9,11H2,1-3H3,(H,19,23)(H,20,21,22). The Balaban J connectivity index is 2.06. The van der Waals surface area contributed by atoms with Crippen molar-refractivity contribution >= 4 is 17.5 Å².